The highest BCUT2D eigenvalue weighted by Gasteiger charge is 2.20. The first-order valence-electron chi connectivity index (χ1n) is 9.61. The number of nitrogens with zero attached hydrogens (tertiary/aromatic N) is 3. The maximum Gasteiger partial charge on any atom is 0.264 e. The van der Waals surface area contributed by atoms with E-state index in [1.165, 1.54) is 23.5 Å². The zero-order chi connectivity index (χ0) is 19.2. The summed E-state index contributed by atoms with van der Waals surface area (Å²) in [5, 5.41) is 1.92. The van der Waals surface area contributed by atoms with Crippen molar-refractivity contribution < 1.29 is 9.18 Å². The Morgan fingerprint density at radius 3 is 2.78 bits per heavy atom. The largest absolute Gasteiger partial charge is 0.330 e. The van der Waals surface area contributed by atoms with Gasteiger partial charge in [-0.15, -0.1) is 11.3 Å². The standard InChI is InChI=1S/C21H26FN3OS/c1-3-5-6-12-24(21(26)19-8-7-13-27-19)15-20-23-17-14-16(22)9-10-18(17)25(20)11-4-2/h7-10,13-14H,3-6,11-12,15H2,1-2H3. The maximum atomic E-state index is 13.6. The third-order valence-electron chi connectivity index (χ3n) is 4.62. The van der Waals surface area contributed by atoms with Crippen molar-refractivity contribution in [2.24, 2.45) is 0 Å². The fourth-order valence-corrected chi connectivity index (χ4v) is 3.97. The molecule has 0 N–H and O–H groups in total. The van der Waals surface area contributed by atoms with Gasteiger partial charge in [0.05, 0.1) is 22.5 Å². The lowest BCUT2D eigenvalue weighted by Gasteiger charge is -2.22. The van der Waals surface area contributed by atoms with Gasteiger partial charge < -0.3 is 9.47 Å². The third-order valence-corrected chi connectivity index (χ3v) is 5.48. The maximum absolute atomic E-state index is 13.6. The summed E-state index contributed by atoms with van der Waals surface area (Å²) in [6.07, 6.45) is 4.11. The van der Waals surface area contributed by atoms with Crippen LogP contribution in [0.5, 0.6) is 0 Å². The number of hydrogen-bond acceptors (Lipinski definition) is 3. The third kappa shape index (κ3) is 4.56. The van der Waals surface area contributed by atoms with E-state index in [0.29, 0.717) is 18.6 Å². The number of unbranched alkanes of at least 4 members (excludes halogenated alkanes) is 2. The zero-order valence-corrected chi connectivity index (χ0v) is 16.8. The fraction of sp³-hybridized carbons (Fsp3) is 0.429. The number of benzene rings is 1. The number of hydrogen-bond donors (Lipinski definition) is 0. The van der Waals surface area contributed by atoms with Crippen LogP contribution in [0.1, 0.15) is 55.0 Å². The van der Waals surface area contributed by atoms with Gasteiger partial charge in [0.2, 0.25) is 0 Å². The molecule has 0 bridgehead atoms. The first-order valence-corrected chi connectivity index (χ1v) is 10.5. The number of rotatable bonds is 9. The molecule has 1 amide bonds. The molecule has 0 fully saturated rings. The Labute approximate surface area is 163 Å². The molecule has 6 heteroatoms. The predicted molar refractivity (Wildman–Crippen MR) is 109 cm³/mol. The van der Waals surface area contributed by atoms with Crippen molar-refractivity contribution in [3.8, 4) is 0 Å². The molecule has 27 heavy (non-hydrogen) atoms. The number of carbonyl (C=O) groups is 1. The van der Waals surface area contributed by atoms with Crippen LogP contribution in [0.4, 0.5) is 4.39 Å². The summed E-state index contributed by atoms with van der Waals surface area (Å²) in [5.41, 5.74) is 1.57. The summed E-state index contributed by atoms with van der Waals surface area (Å²) in [6.45, 7) is 6.20. The normalized spacial score (nSPS) is 11.2. The Morgan fingerprint density at radius 2 is 2.07 bits per heavy atom. The first-order chi connectivity index (χ1) is 13.1. The van der Waals surface area contributed by atoms with E-state index in [2.05, 4.69) is 23.4 Å². The monoisotopic (exact) mass is 387 g/mol. The van der Waals surface area contributed by atoms with E-state index in [4.69, 9.17) is 0 Å². The van der Waals surface area contributed by atoms with Crippen LogP contribution >= 0.6 is 11.3 Å². The molecule has 0 saturated carbocycles. The molecule has 0 atom stereocenters. The van der Waals surface area contributed by atoms with Crippen LogP contribution in [-0.4, -0.2) is 26.9 Å². The number of amides is 1. The van der Waals surface area contributed by atoms with Gasteiger partial charge in [-0.3, -0.25) is 4.79 Å². The molecule has 0 spiro atoms. The highest BCUT2D eigenvalue weighted by Crippen LogP contribution is 2.21. The molecule has 2 aromatic heterocycles. The summed E-state index contributed by atoms with van der Waals surface area (Å²) in [4.78, 5) is 20.3. The van der Waals surface area contributed by atoms with Crippen molar-refractivity contribution in [3.05, 3.63) is 52.2 Å². The Balaban J connectivity index is 1.91. The number of halogens is 1. The predicted octanol–water partition coefficient (Wildman–Crippen LogP) is 5.48. The van der Waals surface area contributed by atoms with Crippen molar-refractivity contribution >= 4 is 28.3 Å². The summed E-state index contributed by atoms with van der Waals surface area (Å²) < 4.78 is 15.7. The molecule has 3 rings (SSSR count). The van der Waals surface area contributed by atoms with Gasteiger partial charge in [-0.2, -0.15) is 0 Å². The molecule has 0 aliphatic heterocycles. The van der Waals surface area contributed by atoms with E-state index in [-0.39, 0.29) is 11.7 Å². The van der Waals surface area contributed by atoms with Crippen LogP contribution in [0.2, 0.25) is 0 Å². The molecule has 0 radical (unpaired) electrons. The fourth-order valence-electron chi connectivity index (χ4n) is 3.28. The molecule has 144 valence electrons. The molecule has 1 aromatic carbocycles. The number of aryl methyl sites for hydroxylation is 1. The van der Waals surface area contributed by atoms with Crippen LogP contribution in [-0.2, 0) is 13.1 Å². The second-order valence-corrected chi connectivity index (χ2v) is 7.67. The summed E-state index contributed by atoms with van der Waals surface area (Å²) >= 11 is 1.46. The Hall–Kier alpha value is -2.21. The number of carbonyl (C=O) groups excluding carboxylic acids is 1. The Bertz CT molecular complexity index is 888. The topological polar surface area (TPSA) is 38.1 Å². The molecule has 2 heterocycles. The van der Waals surface area contributed by atoms with Gasteiger partial charge in [0, 0.05) is 19.2 Å². The van der Waals surface area contributed by atoms with Gasteiger partial charge >= 0.3 is 0 Å². The number of aromatic nitrogens is 2. The van der Waals surface area contributed by atoms with E-state index in [1.54, 1.807) is 6.07 Å². The molecule has 4 nitrogen and oxygen atoms in total. The number of thiophene rings is 1. The highest BCUT2D eigenvalue weighted by atomic mass is 32.1. The van der Waals surface area contributed by atoms with Gasteiger partial charge in [0.15, 0.2) is 0 Å². The summed E-state index contributed by atoms with van der Waals surface area (Å²) in [7, 11) is 0. The van der Waals surface area contributed by atoms with Gasteiger partial charge in [0.1, 0.15) is 11.6 Å². The van der Waals surface area contributed by atoms with Gasteiger partial charge in [0.25, 0.3) is 5.91 Å². The van der Waals surface area contributed by atoms with Crippen molar-refractivity contribution in [3.63, 3.8) is 0 Å². The van der Waals surface area contributed by atoms with Crippen LogP contribution in [0.25, 0.3) is 11.0 Å². The van der Waals surface area contributed by atoms with Crippen molar-refractivity contribution in [1.29, 1.82) is 0 Å². The van der Waals surface area contributed by atoms with E-state index in [0.717, 1.165) is 48.4 Å². The molecule has 0 aliphatic carbocycles. The van der Waals surface area contributed by atoms with E-state index in [9.17, 15) is 9.18 Å². The van der Waals surface area contributed by atoms with Crippen molar-refractivity contribution in [2.45, 2.75) is 52.6 Å². The lowest BCUT2D eigenvalue weighted by Crippen LogP contribution is -2.32. The minimum atomic E-state index is -0.287. The van der Waals surface area contributed by atoms with E-state index < -0.39 is 0 Å². The first kappa shape index (κ1) is 19.5. The van der Waals surface area contributed by atoms with Gasteiger partial charge in [-0.25, -0.2) is 9.37 Å². The smallest absolute Gasteiger partial charge is 0.264 e. The second-order valence-electron chi connectivity index (χ2n) is 6.72. The zero-order valence-electron chi connectivity index (χ0n) is 15.9. The van der Waals surface area contributed by atoms with Gasteiger partial charge in [-0.05, 0) is 36.4 Å². The number of fused-ring (bicyclic) bond motifs is 1. The van der Waals surface area contributed by atoms with E-state index in [1.807, 2.05) is 22.4 Å². The average Bonchev–Trinajstić information content (AvgIpc) is 3.29. The molecular weight excluding hydrogens is 361 g/mol. The molecule has 3 aromatic rings. The van der Waals surface area contributed by atoms with E-state index >= 15 is 0 Å². The highest BCUT2D eigenvalue weighted by molar-refractivity contribution is 7.12. The minimum Gasteiger partial charge on any atom is -0.330 e. The SMILES string of the molecule is CCCCCN(Cc1nc2cc(F)ccc2n1CCC)C(=O)c1cccs1. The molecule has 0 unspecified atom stereocenters. The Morgan fingerprint density at radius 1 is 1.22 bits per heavy atom. The van der Waals surface area contributed by atoms with Crippen LogP contribution in [0, 0.1) is 5.82 Å². The average molecular weight is 388 g/mol. The van der Waals surface area contributed by atoms with Crippen LogP contribution in [0.15, 0.2) is 35.7 Å². The van der Waals surface area contributed by atoms with Crippen molar-refractivity contribution in [1.82, 2.24) is 14.5 Å². The minimum absolute atomic E-state index is 0.0439. The van der Waals surface area contributed by atoms with Crippen LogP contribution in [0.3, 0.4) is 0 Å². The van der Waals surface area contributed by atoms with Crippen LogP contribution < -0.4 is 0 Å². The molecule has 0 saturated heterocycles. The number of imidazole rings is 1. The second kappa shape index (κ2) is 9.13. The van der Waals surface area contributed by atoms with Crippen molar-refractivity contribution in [2.75, 3.05) is 6.54 Å². The molecule has 0 aliphatic rings. The lowest BCUT2D eigenvalue weighted by atomic mass is 10.2. The quantitative estimate of drug-likeness (QED) is 0.456. The van der Waals surface area contributed by atoms with Gasteiger partial charge in [-0.1, -0.05) is 32.8 Å². The summed E-state index contributed by atoms with van der Waals surface area (Å²) in [6, 6.07) is 8.48. The Kier molecular flexibility index (Phi) is 6.61. The molecular formula is C21H26FN3OS. The summed E-state index contributed by atoms with van der Waals surface area (Å²) in [5.74, 6) is 0.575. The lowest BCUT2D eigenvalue weighted by molar-refractivity contribution is 0.0739.